The monoisotopic (exact) mass is 395 g/mol. The van der Waals surface area contributed by atoms with Crippen molar-refractivity contribution in [3.8, 4) is 17.0 Å². The summed E-state index contributed by atoms with van der Waals surface area (Å²) in [5.41, 5.74) is 8.18. The van der Waals surface area contributed by atoms with Gasteiger partial charge in [-0.15, -0.1) is 11.3 Å². The molecule has 7 heteroatoms. The highest BCUT2D eigenvalue weighted by atomic mass is 32.1. The minimum atomic E-state index is -0.665. The molecule has 6 nitrogen and oxygen atoms in total. The largest absolute Gasteiger partial charge is 0.507 e. The summed E-state index contributed by atoms with van der Waals surface area (Å²) >= 11 is 1.54. The lowest BCUT2D eigenvalue weighted by molar-refractivity contribution is -0.0329. The van der Waals surface area contributed by atoms with E-state index in [0.717, 1.165) is 35.9 Å². The molecule has 4 rings (SSSR count). The van der Waals surface area contributed by atoms with Crippen molar-refractivity contribution in [2.75, 3.05) is 19.7 Å². The molecule has 1 atom stereocenters. The predicted octanol–water partition coefficient (Wildman–Crippen LogP) is 3.19. The average Bonchev–Trinajstić information content (AvgIpc) is 3.19. The molecule has 0 saturated carbocycles. The first-order valence-corrected chi connectivity index (χ1v) is 9.94. The standard InChI is InChI=1S/C21H21N3O3S/c22-20(26)16-10-15(6-7-18(16)25)17-13-28-21(23-17)19-12-24(8-9-27-19)11-14-4-2-1-3-5-14/h1-7,10,13,19,25H,8-9,11-12H2,(H2,22,26). The van der Waals surface area contributed by atoms with Gasteiger partial charge in [-0.05, 0) is 23.8 Å². The number of nitrogens with zero attached hydrogens (tertiary/aromatic N) is 2. The molecule has 2 heterocycles. The SMILES string of the molecule is NC(=O)c1cc(-c2csc(C3CN(Cc4ccccc4)CCO3)n2)ccc1O. The molecule has 3 N–H and O–H groups in total. The van der Waals surface area contributed by atoms with Crippen molar-refractivity contribution in [2.45, 2.75) is 12.6 Å². The first kappa shape index (κ1) is 18.6. The molecule has 1 amide bonds. The highest BCUT2D eigenvalue weighted by Gasteiger charge is 2.25. The van der Waals surface area contributed by atoms with Crippen molar-refractivity contribution >= 4 is 17.2 Å². The molecule has 0 bridgehead atoms. The van der Waals surface area contributed by atoms with Crippen LogP contribution in [0.5, 0.6) is 5.75 Å². The van der Waals surface area contributed by atoms with Crippen LogP contribution in [-0.4, -0.2) is 40.6 Å². The van der Waals surface area contributed by atoms with E-state index in [1.165, 1.54) is 23.0 Å². The van der Waals surface area contributed by atoms with Crippen molar-refractivity contribution in [3.05, 3.63) is 70.0 Å². The van der Waals surface area contributed by atoms with E-state index in [4.69, 9.17) is 15.5 Å². The molecule has 1 aliphatic rings. The van der Waals surface area contributed by atoms with Gasteiger partial charge in [0.15, 0.2) is 0 Å². The number of aromatic nitrogens is 1. The molecular weight excluding hydrogens is 374 g/mol. The molecule has 144 valence electrons. The second-order valence-corrected chi connectivity index (χ2v) is 7.64. The van der Waals surface area contributed by atoms with E-state index in [0.29, 0.717) is 6.61 Å². The number of primary amides is 1. The number of aromatic hydroxyl groups is 1. The summed E-state index contributed by atoms with van der Waals surface area (Å²) in [4.78, 5) is 18.5. The molecule has 0 spiro atoms. The van der Waals surface area contributed by atoms with E-state index >= 15 is 0 Å². The molecular formula is C21H21N3O3S. The Morgan fingerprint density at radius 3 is 2.89 bits per heavy atom. The van der Waals surface area contributed by atoms with E-state index in [2.05, 4.69) is 29.2 Å². The normalized spacial score (nSPS) is 17.5. The number of carbonyl (C=O) groups is 1. The summed E-state index contributed by atoms with van der Waals surface area (Å²) in [5.74, 6) is -0.791. The molecule has 3 aromatic rings. The average molecular weight is 395 g/mol. The van der Waals surface area contributed by atoms with Gasteiger partial charge in [-0.3, -0.25) is 9.69 Å². The van der Waals surface area contributed by atoms with Crippen molar-refractivity contribution < 1.29 is 14.6 Å². The maximum Gasteiger partial charge on any atom is 0.252 e. The van der Waals surface area contributed by atoms with Gasteiger partial charge in [0.2, 0.25) is 0 Å². The fourth-order valence-corrected chi connectivity index (χ4v) is 4.16. The van der Waals surface area contributed by atoms with Crippen LogP contribution in [0.4, 0.5) is 0 Å². The number of benzene rings is 2. The number of ether oxygens (including phenoxy) is 1. The van der Waals surface area contributed by atoms with Gasteiger partial charge in [0.25, 0.3) is 5.91 Å². The van der Waals surface area contributed by atoms with Crippen LogP contribution >= 0.6 is 11.3 Å². The Kier molecular flexibility index (Phi) is 5.38. The molecule has 28 heavy (non-hydrogen) atoms. The van der Waals surface area contributed by atoms with Gasteiger partial charge < -0.3 is 15.6 Å². The Morgan fingerprint density at radius 2 is 2.11 bits per heavy atom. The maximum atomic E-state index is 11.5. The molecule has 1 saturated heterocycles. The zero-order chi connectivity index (χ0) is 19.5. The van der Waals surface area contributed by atoms with Gasteiger partial charge in [0.05, 0.1) is 17.9 Å². The third-order valence-electron chi connectivity index (χ3n) is 4.75. The van der Waals surface area contributed by atoms with Gasteiger partial charge in [-0.2, -0.15) is 0 Å². The maximum absolute atomic E-state index is 11.5. The smallest absolute Gasteiger partial charge is 0.252 e. The van der Waals surface area contributed by atoms with Crippen LogP contribution in [0.15, 0.2) is 53.9 Å². The molecule has 2 aromatic carbocycles. The Balaban J connectivity index is 1.49. The van der Waals surface area contributed by atoms with Crippen LogP contribution < -0.4 is 5.73 Å². The molecule has 1 unspecified atom stereocenters. The molecule has 0 radical (unpaired) electrons. The topological polar surface area (TPSA) is 88.7 Å². The van der Waals surface area contributed by atoms with Crippen molar-refractivity contribution in [3.63, 3.8) is 0 Å². The fraction of sp³-hybridized carbons (Fsp3) is 0.238. The first-order valence-electron chi connectivity index (χ1n) is 9.06. The van der Waals surface area contributed by atoms with Gasteiger partial charge >= 0.3 is 0 Å². The van der Waals surface area contributed by atoms with Gasteiger partial charge in [0.1, 0.15) is 16.9 Å². The fourth-order valence-electron chi connectivity index (χ4n) is 3.30. The number of rotatable bonds is 5. The van der Waals surface area contributed by atoms with Gasteiger partial charge in [0, 0.05) is 30.6 Å². The van der Waals surface area contributed by atoms with Crippen LogP contribution in [0.2, 0.25) is 0 Å². The number of thiazole rings is 1. The van der Waals surface area contributed by atoms with E-state index in [9.17, 15) is 9.90 Å². The number of carbonyl (C=O) groups excluding carboxylic acids is 1. The summed E-state index contributed by atoms with van der Waals surface area (Å²) in [7, 11) is 0. The zero-order valence-corrected chi connectivity index (χ0v) is 16.1. The van der Waals surface area contributed by atoms with Crippen molar-refractivity contribution in [1.82, 2.24) is 9.88 Å². The van der Waals surface area contributed by atoms with Crippen LogP contribution in [0.3, 0.4) is 0 Å². The lowest BCUT2D eigenvalue weighted by Gasteiger charge is -2.32. The Hall–Kier alpha value is -2.74. The first-order chi connectivity index (χ1) is 13.6. The van der Waals surface area contributed by atoms with Crippen LogP contribution in [0, 0.1) is 0 Å². The third kappa shape index (κ3) is 4.06. The molecule has 1 aromatic heterocycles. The summed E-state index contributed by atoms with van der Waals surface area (Å²) in [6.45, 7) is 3.23. The van der Waals surface area contributed by atoms with Gasteiger partial charge in [-0.25, -0.2) is 4.98 Å². The number of nitrogens with two attached hydrogens (primary N) is 1. The lowest BCUT2D eigenvalue weighted by Crippen LogP contribution is -2.37. The number of morpholine rings is 1. The van der Waals surface area contributed by atoms with Crippen molar-refractivity contribution in [2.24, 2.45) is 5.73 Å². The van der Waals surface area contributed by atoms with Crippen LogP contribution in [-0.2, 0) is 11.3 Å². The number of phenols is 1. The van der Waals surface area contributed by atoms with E-state index < -0.39 is 5.91 Å². The summed E-state index contributed by atoms with van der Waals surface area (Å²) < 4.78 is 5.95. The minimum absolute atomic E-state index is 0.0797. The minimum Gasteiger partial charge on any atom is -0.507 e. The predicted molar refractivity (Wildman–Crippen MR) is 108 cm³/mol. The Bertz CT molecular complexity index is 974. The third-order valence-corrected chi connectivity index (χ3v) is 5.69. The summed E-state index contributed by atoms with van der Waals surface area (Å²) in [6, 6.07) is 15.2. The second-order valence-electron chi connectivity index (χ2n) is 6.75. The van der Waals surface area contributed by atoms with Crippen molar-refractivity contribution in [1.29, 1.82) is 0 Å². The van der Waals surface area contributed by atoms with E-state index in [-0.39, 0.29) is 17.4 Å². The molecule has 1 aliphatic heterocycles. The highest BCUT2D eigenvalue weighted by molar-refractivity contribution is 7.10. The number of hydrogen-bond donors (Lipinski definition) is 2. The Morgan fingerprint density at radius 1 is 1.29 bits per heavy atom. The van der Waals surface area contributed by atoms with E-state index in [1.807, 2.05) is 11.4 Å². The zero-order valence-electron chi connectivity index (χ0n) is 15.2. The Labute approximate surface area is 167 Å². The number of hydrogen-bond acceptors (Lipinski definition) is 6. The summed E-state index contributed by atoms with van der Waals surface area (Å²) in [5, 5.41) is 12.6. The van der Waals surface area contributed by atoms with Crippen LogP contribution in [0.1, 0.15) is 27.0 Å². The molecule has 1 fully saturated rings. The van der Waals surface area contributed by atoms with Crippen LogP contribution in [0.25, 0.3) is 11.3 Å². The second kappa shape index (κ2) is 8.10. The summed E-state index contributed by atoms with van der Waals surface area (Å²) in [6.07, 6.45) is -0.0797. The molecule has 0 aliphatic carbocycles. The lowest BCUT2D eigenvalue weighted by atomic mass is 10.1. The van der Waals surface area contributed by atoms with E-state index in [1.54, 1.807) is 12.1 Å². The highest BCUT2D eigenvalue weighted by Crippen LogP contribution is 2.31. The van der Waals surface area contributed by atoms with Gasteiger partial charge in [-0.1, -0.05) is 30.3 Å². The quantitative estimate of drug-likeness (QED) is 0.693. The number of amides is 1.